The van der Waals surface area contributed by atoms with Crippen LogP contribution in [0.25, 0.3) is 0 Å². The molecule has 2 aliphatic carbocycles. The zero-order valence-electron chi connectivity index (χ0n) is 11.6. The van der Waals surface area contributed by atoms with Gasteiger partial charge in [0.1, 0.15) is 12.4 Å². The first-order valence-corrected chi connectivity index (χ1v) is 7.33. The van der Waals surface area contributed by atoms with Gasteiger partial charge in [-0.15, -0.1) is 0 Å². The van der Waals surface area contributed by atoms with Crippen LogP contribution >= 0.6 is 0 Å². The van der Waals surface area contributed by atoms with E-state index in [0.29, 0.717) is 19.3 Å². The summed E-state index contributed by atoms with van der Waals surface area (Å²) in [5.74, 6) is 2.79. The molecule has 1 aromatic rings. The summed E-state index contributed by atoms with van der Waals surface area (Å²) >= 11 is 0. The summed E-state index contributed by atoms with van der Waals surface area (Å²) in [6.07, 6.45) is 5.64. The van der Waals surface area contributed by atoms with E-state index in [0.717, 1.165) is 17.6 Å². The third-order valence-corrected chi connectivity index (χ3v) is 4.48. The number of ether oxygens (including phenoxy) is 2. The van der Waals surface area contributed by atoms with Crippen LogP contribution in [0.2, 0.25) is 0 Å². The summed E-state index contributed by atoms with van der Waals surface area (Å²) in [5, 5.41) is 3.69. The largest absolute Gasteiger partial charge is 0.491 e. The number of anilines is 1. The molecule has 3 unspecified atom stereocenters. The molecule has 0 heterocycles. The van der Waals surface area contributed by atoms with E-state index >= 15 is 0 Å². The molecule has 0 aliphatic heterocycles. The van der Waals surface area contributed by atoms with Crippen molar-refractivity contribution in [2.24, 2.45) is 11.8 Å². The van der Waals surface area contributed by atoms with Crippen LogP contribution in [0.5, 0.6) is 5.75 Å². The van der Waals surface area contributed by atoms with Crippen LogP contribution in [0.3, 0.4) is 0 Å². The number of methoxy groups -OCH3 is 1. The van der Waals surface area contributed by atoms with E-state index in [9.17, 15) is 0 Å². The summed E-state index contributed by atoms with van der Waals surface area (Å²) in [5.41, 5.74) is 1.19. The van der Waals surface area contributed by atoms with Crippen LogP contribution in [0.4, 0.5) is 5.69 Å². The Labute approximate surface area is 115 Å². The quantitative estimate of drug-likeness (QED) is 0.797. The minimum Gasteiger partial charge on any atom is -0.491 e. The zero-order valence-corrected chi connectivity index (χ0v) is 11.6. The molecule has 0 spiro atoms. The van der Waals surface area contributed by atoms with Crippen LogP contribution in [0, 0.1) is 11.8 Å². The van der Waals surface area contributed by atoms with Crippen molar-refractivity contribution in [3.8, 4) is 5.75 Å². The average molecular weight is 261 g/mol. The van der Waals surface area contributed by atoms with Gasteiger partial charge in [-0.3, -0.25) is 0 Å². The lowest BCUT2D eigenvalue weighted by Crippen LogP contribution is -2.25. The van der Waals surface area contributed by atoms with Gasteiger partial charge in [0.2, 0.25) is 0 Å². The highest BCUT2D eigenvalue weighted by Gasteiger charge is 2.39. The highest BCUT2D eigenvalue weighted by molar-refractivity contribution is 5.49. The minimum atomic E-state index is 0.605. The second kappa shape index (κ2) is 5.83. The van der Waals surface area contributed by atoms with Crippen molar-refractivity contribution >= 4 is 5.69 Å². The van der Waals surface area contributed by atoms with Gasteiger partial charge in [0.15, 0.2) is 0 Å². The fourth-order valence-electron chi connectivity index (χ4n) is 3.55. The maximum absolute atomic E-state index is 5.65. The number of benzene rings is 1. The van der Waals surface area contributed by atoms with Gasteiger partial charge in [-0.25, -0.2) is 0 Å². The Kier molecular flexibility index (Phi) is 3.92. The molecule has 104 valence electrons. The number of fused-ring (bicyclic) bond motifs is 2. The molecular formula is C16H23NO2. The molecule has 19 heavy (non-hydrogen) atoms. The first kappa shape index (κ1) is 12.8. The number of rotatable bonds is 6. The normalized spacial score (nSPS) is 28.6. The molecule has 3 nitrogen and oxygen atoms in total. The van der Waals surface area contributed by atoms with Gasteiger partial charge >= 0.3 is 0 Å². The molecule has 3 atom stereocenters. The fraction of sp³-hybridized carbons (Fsp3) is 0.625. The van der Waals surface area contributed by atoms with Gasteiger partial charge in [0.25, 0.3) is 0 Å². The van der Waals surface area contributed by atoms with E-state index in [2.05, 4.69) is 23.5 Å². The van der Waals surface area contributed by atoms with E-state index in [-0.39, 0.29) is 0 Å². The summed E-state index contributed by atoms with van der Waals surface area (Å²) in [7, 11) is 1.69. The third kappa shape index (κ3) is 3.03. The predicted molar refractivity (Wildman–Crippen MR) is 76.7 cm³/mol. The van der Waals surface area contributed by atoms with E-state index in [4.69, 9.17) is 9.47 Å². The molecule has 1 N–H and O–H groups in total. The van der Waals surface area contributed by atoms with Crippen molar-refractivity contribution in [1.29, 1.82) is 0 Å². The molecule has 3 heteroatoms. The Morgan fingerprint density at radius 2 is 2.16 bits per heavy atom. The Bertz CT molecular complexity index is 421. The lowest BCUT2D eigenvalue weighted by Gasteiger charge is -2.24. The molecule has 0 amide bonds. The SMILES string of the molecule is COCCOc1cccc(NC2CC3CCC2C3)c1. The number of hydrogen-bond acceptors (Lipinski definition) is 3. The monoisotopic (exact) mass is 261 g/mol. The Balaban J connectivity index is 1.57. The fourth-order valence-corrected chi connectivity index (χ4v) is 3.55. The van der Waals surface area contributed by atoms with Crippen LogP contribution < -0.4 is 10.1 Å². The topological polar surface area (TPSA) is 30.5 Å². The summed E-state index contributed by atoms with van der Waals surface area (Å²) < 4.78 is 10.6. The van der Waals surface area contributed by atoms with E-state index < -0.39 is 0 Å². The van der Waals surface area contributed by atoms with Gasteiger partial charge in [0, 0.05) is 24.9 Å². The smallest absolute Gasteiger partial charge is 0.121 e. The predicted octanol–water partition coefficient (Wildman–Crippen LogP) is 3.31. The summed E-state index contributed by atoms with van der Waals surface area (Å²) in [6, 6.07) is 8.96. The van der Waals surface area contributed by atoms with Crippen molar-refractivity contribution in [1.82, 2.24) is 0 Å². The zero-order chi connectivity index (χ0) is 13.1. The molecule has 2 fully saturated rings. The molecule has 2 aliphatic rings. The second-order valence-electron chi connectivity index (χ2n) is 5.79. The molecule has 0 radical (unpaired) electrons. The van der Waals surface area contributed by atoms with Crippen LogP contribution in [0.15, 0.2) is 24.3 Å². The lowest BCUT2D eigenvalue weighted by atomic mass is 9.95. The molecule has 0 saturated heterocycles. The highest BCUT2D eigenvalue weighted by Crippen LogP contribution is 2.45. The molecule has 1 aromatic carbocycles. The maximum atomic E-state index is 5.65. The first-order chi connectivity index (χ1) is 9.35. The molecule has 2 bridgehead atoms. The second-order valence-corrected chi connectivity index (χ2v) is 5.79. The van der Waals surface area contributed by atoms with Gasteiger partial charge in [-0.05, 0) is 43.2 Å². The van der Waals surface area contributed by atoms with E-state index in [1.165, 1.54) is 31.4 Å². The molecule has 0 aromatic heterocycles. The minimum absolute atomic E-state index is 0.605. The van der Waals surface area contributed by atoms with Crippen molar-refractivity contribution in [3.05, 3.63) is 24.3 Å². The Hall–Kier alpha value is -1.22. The van der Waals surface area contributed by atoms with Gasteiger partial charge in [-0.1, -0.05) is 12.5 Å². The maximum Gasteiger partial charge on any atom is 0.121 e. The average Bonchev–Trinajstić information content (AvgIpc) is 3.02. The molecule has 3 rings (SSSR count). The summed E-state index contributed by atoms with van der Waals surface area (Å²) in [4.78, 5) is 0. The van der Waals surface area contributed by atoms with Gasteiger partial charge in [0.05, 0.1) is 6.61 Å². The molecular weight excluding hydrogens is 238 g/mol. The van der Waals surface area contributed by atoms with Crippen molar-refractivity contribution < 1.29 is 9.47 Å². The van der Waals surface area contributed by atoms with Crippen molar-refractivity contribution in [3.63, 3.8) is 0 Å². The Morgan fingerprint density at radius 1 is 1.21 bits per heavy atom. The third-order valence-electron chi connectivity index (χ3n) is 4.48. The van der Waals surface area contributed by atoms with Crippen LogP contribution in [-0.2, 0) is 4.74 Å². The van der Waals surface area contributed by atoms with Crippen LogP contribution in [-0.4, -0.2) is 26.4 Å². The summed E-state index contributed by atoms with van der Waals surface area (Å²) in [6.45, 7) is 1.23. The first-order valence-electron chi connectivity index (χ1n) is 7.33. The van der Waals surface area contributed by atoms with Crippen LogP contribution in [0.1, 0.15) is 25.7 Å². The Morgan fingerprint density at radius 3 is 2.89 bits per heavy atom. The van der Waals surface area contributed by atoms with Crippen molar-refractivity contribution in [2.75, 3.05) is 25.6 Å². The number of hydrogen-bond donors (Lipinski definition) is 1. The lowest BCUT2D eigenvalue weighted by molar-refractivity contribution is 0.146. The number of nitrogens with one attached hydrogen (secondary N) is 1. The van der Waals surface area contributed by atoms with Gasteiger partial charge in [-0.2, -0.15) is 0 Å². The van der Waals surface area contributed by atoms with E-state index in [1.54, 1.807) is 7.11 Å². The molecule has 2 saturated carbocycles. The van der Waals surface area contributed by atoms with Crippen molar-refractivity contribution in [2.45, 2.75) is 31.7 Å². The van der Waals surface area contributed by atoms with E-state index in [1.807, 2.05) is 6.07 Å². The highest BCUT2D eigenvalue weighted by atomic mass is 16.5. The van der Waals surface area contributed by atoms with Gasteiger partial charge < -0.3 is 14.8 Å². The standard InChI is InChI=1S/C16H23NO2/c1-18-7-8-19-15-4-2-3-14(11-15)17-16-10-12-5-6-13(16)9-12/h2-4,11-13,16-17H,5-10H2,1H3.